The Kier molecular flexibility index (Phi) is 2.84. The van der Waals surface area contributed by atoms with Crippen molar-refractivity contribution >= 4 is 23.4 Å². The van der Waals surface area contributed by atoms with Crippen LogP contribution < -0.4 is 4.90 Å². The Morgan fingerprint density at radius 1 is 1.59 bits per heavy atom. The van der Waals surface area contributed by atoms with Crippen LogP contribution in [0.15, 0.2) is 18.2 Å². The van der Waals surface area contributed by atoms with Gasteiger partial charge >= 0.3 is 0 Å². The number of likely N-dealkylation sites (N-methyl/N-ethyl adjacent to an activating group) is 1. The van der Waals surface area contributed by atoms with Gasteiger partial charge in [-0.1, -0.05) is 0 Å². The maximum absolute atomic E-state index is 13.3. The molecule has 1 atom stereocenters. The van der Waals surface area contributed by atoms with E-state index in [0.29, 0.717) is 11.3 Å². The molecule has 1 aliphatic heterocycles. The SMILES string of the molecule is CN1C(=O)C(C)(CSC#N)c2cc(F)ccc21. The van der Waals surface area contributed by atoms with Gasteiger partial charge in [0.2, 0.25) is 5.91 Å². The summed E-state index contributed by atoms with van der Waals surface area (Å²) in [5.74, 6) is -0.121. The number of halogens is 1. The molecule has 3 nitrogen and oxygen atoms in total. The molecular weight excluding hydrogens is 239 g/mol. The Bertz CT molecular complexity index is 526. The Morgan fingerprint density at radius 2 is 2.29 bits per heavy atom. The summed E-state index contributed by atoms with van der Waals surface area (Å²) in [6, 6.07) is 4.32. The van der Waals surface area contributed by atoms with Gasteiger partial charge in [0, 0.05) is 18.5 Å². The third kappa shape index (κ3) is 1.69. The van der Waals surface area contributed by atoms with Crippen molar-refractivity contribution < 1.29 is 9.18 Å². The van der Waals surface area contributed by atoms with Gasteiger partial charge in [-0.2, -0.15) is 5.26 Å². The summed E-state index contributed by atoms with van der Waals surface area (Å²) in [4.78, 5) is 13.7. The van der Waals surface area contributed by atoms with Crippen molar-refractivity contribution in [1.82, 2.24) is 0 Å². The van der Waals surface area contributed by atoms with Gasteiger partial charge in [0.25, 0.3) is 0 Å². The molecule has 0 fully saturated rings. The topological polar surface area (TPSA) is 44.1 Å². The number of thioether (sulfide) groups is 1. The quantitative estimate of drug-likeness (QED) is 0.756. The maximum Gasteiger partial charge on any atom is 0.238 e. The molecular formula is C12H11FN2OS. The molecule has 0 N–H and O–H groups in total. The molecule has 5 heteroatoms. The molecule has 1 aromatic carbocycles. The first-order chi connectivity index (χ1) is 8.00. The fourth-order valence-electron chi connectivity index (χ4n) is 2.15. The number of thiocyanates is 1. The zero-order valence-corrected chi connectivity index (χ0v) is 10.3. The number of anilines is 1. The van der Waals surface area contributed by atoms with E-state index in [1.165, 1.54) is 17.0 Å². The standard InChI is InChI=1S/C12H11FN2OS/c1-12(6-17-7-14)9-5-8(13)3-4-10(9)15(2)11(12)16/h3-5H,6H2,1-2H3. The molecule has 0 bridgehead atoms. The third-order valence-electron chi connectivity index (χ3n) is 3.12. The van der Waals surface area contributed by atoms with Gasteiger partial charge in [0.05, 0.1) is 5.41 Å². The fraction of sp³-hybridized carbons (Fsp3) is 0.333. The van der Waals surface area contributed by atoms with Gasteiger partial charge in [-0.15, -0.1) is 0 Å². The second kappa shape index (κ2) is 4.04. The zero-order valence-electron chi connectivity index (χ0n) is 9.53. The summed E-state index contributed by atoms with van der Waals surface area (Å²) in [6.45, 7) is 1.75. The van der Waals surface area contributed by atoms with Crippen molar-refractivity contribution in [2.24, 2.45) is 0 Å². The van der Waals surface area contributed by atoms with Gasteiger partial charge < -0.3 is 4.90 Å². The average molecular weight is 250 g/mol. The van der Waals surface area contributed by atoms with Crippen molar-refractivity contribution in [2.45, 2.75) is 12.3 Å². The molecule has 2 rings (SSSR count). The predicted molar refractivity (Wildman–Crippen MR) is 65.2 cm³/mol. The van der Waals surface area contributed by atoms with E-state index in [9.17, 15) is 9.18 Å². The highest BCUT2D eigenvalue weighted by Gasteiger charge is 2.46. The lowest BCUT2D eigenvalue weighted by Gasteiger charge is -2.21. The van der Waals surface area contributed by atoms with Gasteiger partial charge in [-0.25, -0.2) is 4.39 Å². The number of nitriles is 1. The highest BCUT2D eigenvalue weighted by atomic mass is 32.2. The number of benzene rings is 1. The number of carbonyl (C=O) groups is 1. The van der Waals surface area contributed by atoms with E-state index in [0.717, 1.165) is 17.4 Å². The molecule has 0 saturated carbocycles. The highest BCUT2D eigenvalue weighted by Crippen LogP contribution is 2.42. The molecule has 0 spiro atoms. The summed E-state index contributed by atoms with van der Waals surface area (Å²) in [5.41, 5.74) is 0.567. The van der Waals surface area contributed by atoms with Crippen LogP contribution in [0.3, 0.4) is 0 Å². The lowest BCUT2D eigenvalue weighted by molar-refractivity contribution is -0.121. The molecule has 0 aliphatic carbocycles. The highest BCUT2D eigenvalue weighted by molar-refractivity contribution is 8.03. The lowest BCUT2D eigenvalue weighted by atomic mass is 9.86. The fourth-order valence-corrected chi connectivity index (χ4v) is 2.79. The molecule has 1 aromatic rings. The zero-order chi connectivity index (χ0) is 12.6. The van der Waals surface area contributed by atoms with E-state index in [1.807, 2.05) is 5.40 Å². The normalized spacial score (nSPS) is 22.5. The van der Waals surface area contributed by atoms with Crippen LogP contribution >= 0.6 is 11.8 Å². The summed E-state index contributed by atoms with van der Waals surface area (Å²) in [6.07, 6.45) is 0. The third-order valence-corrected chi connectivity index (χ3v) is 3.97. The molecule has 88 valence electrons. The number of amides is 1. The molecule has 0 radical (unpaired) electrons. The van der Waals surface area contributed by atoms with Crippen LogP contribution in [0, 0.1) is 16.5 Å². The van der Waals surface area contributed by atoms with Crippen molar-refractivity contribution in [3.63, 3.8) is 0 Å². The van der Waals surface area contributed by atoms with Crippen molar-refractivity contribution in [2.75, 3.05) is 17.7 Å². The van der Waals surface area contributed by atoms with Crippen molar-refractivity contribution in [1.29, 1.82) is 5.26 Å². The Morgan fingerprint density at radius 3 is 2.94 bits per heavy atom. The first-order valence-corrected chi connectivity index (χ1v) is 6.08. The summed E-state index contributed by atoms with van der Waals surface area (Å²) in [5, 5.41) is 10.6. The second-order valence-electron chi connectivity index (χ2n) is 4.24. The first-order valence-electron chi connectivity index (χ1n) is 5.10. The molecule has 0 saturated heterocycles. The van der Waals surface area contributed by atoms with Crippen LogP contribution in [0.25, 0.3) is 0 Å². The minimum atomic E-state index is -0.813. The Balaban J connectivity index is 2.53. The molecule has 17 heavy (non-hydrogen) atoms. The van der Waals surface area contributed by atoms with Crippen LogP contribution in [-0.2, 0) is 10.2 Å². The molecule has 1 unspecified atom stereocenters. The monoisotopic (exact) mass is 250 g/mol. The van der Waals surface area contributed by atoms with E-state index >= 15 is 0 Å². The smallest absolute Gasteiger partial charge is 0.238 e. The molecule has 1 amide bonds. The average Bonchev–Trinajstić information content (AvgIpc) is 2.50. The van der Waals surface area contributed by atoms with Gasteiger partial charge in [0.1, 0.15) is 11.2 Å². The maximum atomic E-state index is 13.3. The van der Waals surface area contributed by atoms with E-state index in [-0.39, 0.29) is 11.7 Å². The number of hydrogen-bond acceptors (Lipinski definition) is 3. The Labute approximate surface area is 103 Å². The van der Waals surface area contributed by atoms with Crippen LogP contribution in [0.2, 0.25) is 0 Å². The molecule has 1 aliphatic rings. The summed E-state index contributed by atoms with van der Waals surface area (Å²) >= 11 is 1.02. The minimum Gasteiger partial charge on any atom is -0.314 e. The molecule has 1 heterocycles. The summed E-state index contributed by atoms with van der Waals surface area (Å²) in [7, 11) is 1.67. The van der Waals surface area contributed by atoms with Gasteiger partial charge in [-0.05, 0) is 42.4 Å². The van der Waals surface area contributed by atoms with Crippen molar-refractivity contribution in [3.05, 3.63) is 29.6 Å². The van der Waals surface area contributed by atoms with E-state index < -0.39 is 5.41 Å². The van der Waals surface area contributed by atoms with Crippen molar-refractivity contribution in [3.8, 4) is 5.40 Å². The number of fused-ring (bicyclic) bond motifs is 1. The predicted octanol–water partition coefficient (Wildman–Crippen LogP) is 2.27. The largest absolute Gasteiger partial charge is 0.314 e. The number of carbonyl (C=O) groups excluding carboxylic acids is 1. The first kappa shape index (κ1) is 11.9. The Hall–Kier alpha value is -1.54. The van der Waals surface area contributed by atoms with Crippen LogP contribution in [0.1, 0.15) is 12.5 Å². The number of nitrogens with zero attached hydrogens (tertiary/aromatic N) is 2. The van der Waals surface area contributed by atoms with E-state index in [4.69, 9.17) is 5.26 Å². The lowest BCUT2D eigenvalue weighted by Crippen LogP contribution is -2.38. The van der Waals surface area contributed by atoms with Crippen LogP contribution in [0.4, 0.5) is 10.1 Å². The van der Waals surface area contributed by atoms with E-state index in [1.54, 1.807) is 20.0 Å². The minimum absolute atomic E-state index is 0.0964. The molecule has 0 aromatic heterocycles. The van der Waals surface area contributed by atoms with E-state index in [2.05, 4.69) is 0 Å². The summed E-state index contributed by atoms with van der Waals surface area (Å²) < 4.78 is 13.3. The van der Waals surface area contributed by atoms with Crippen LogP contribution in [-0.4, -0.2) is 18.7 Å². The van der Waals surface area contributed by atoms with Crippen LogP contribution in [0.5, 0.6) is 0 Å². The second-order valence-corrected chi connectivity index (χ2v) is 5.00. The van der Waals surface area contributed by atoms with Gasteiger partial charge in [-0.3, -0.25) is 4.79 Å². The number of rotatable bonds is 2. The number of hydrogen-bond donors (Lipinski definition) is 0. The van der Waals surface area contributed by atoms with Gasteiger partial charge in [0.15, 0.2) is 0 Å².